The lowest BCUT2D eigenvalue weighted by Gasteiger charge is -2.36. The quantitative estimate of drug-likeness (QED) is 0.444. The molecule has 166 valence electrons. The highest BCUT2D eigenvalue weighted by Crippen LogP contribution is 2.40. The van der Waals surface area contributed by atoms with Gasteiger partial charge >= 0.3 is 0 Å². The predicted molar refractivity (Wildman–Crippen MR) is 129 cm³/mol. The molecule has 0 amide bonds. The lowest BCUT2D eigenvalue weighted by molar-refractivity contribution is -0.124. The van der Waals surface area contributed by atoms with Crippen molar-refractivity contribution >= 4 is 23.7 Å². The van der Waals surface area contributed by atoms with E-state index in [9.17, 15) is 9.59 Å². The fourth-order valence-corrected chi connectivity index (χ4v) is 6.10. The number of fused-ring (bicyclic) bond motifs is 2. The second-order valence-corrected chi connectivity index (χ2v) is 10.1. The van der Waals surface area contributed by atoms with Crippen LogP contribution in [0.4, 0.5) is 0 Å². The van der Waals surface area contributed by atoms with Crippen LogP contribution < -0.4 is 0 Å². The molecule has 0 bridgehead atoms. The van der Waals surface area contributed by atoms with Crippen LogP contribution in [0, 0.1) is 23.7 Å². The van der Waals surface area contributed by atoms with Gasteiger partial charge in [-0.15, -0.1) is 0 Å². The van der Waals surface area contributed by atoms with Gasteiger partial charge in [0.2, 0.25) is 0 Å². The van der Waals surface area contributed by atoms with Gasteiger partial charge in [-0.25, -0.2) is 0 Å². The zero-order chi connectivity index (χ0) is 21.6. The minimum absolute atomic E-state index is 0.118. The third-order valence-electron chi connectivity index (χ3n) is 8.02. The molecular weight excluding hydrogens is 380 g/mol. The highest BCUT2D eigenvalue weighted by atomic mass is 16.1. The van der Waals surface area contributed by atoms with Crippen molar-refractivity contribution in [3.05, 3.63) is 47.0 Å². The topological polar surface area (TPSA) is 34.1 Å². The summed E-state index contributed by atoms with van der Waals surface area (Å²) < 4.78 is 0. The Labute approximate surface area is 188 Å². The van der Waals surface area contributed by atoms with Crippen LogP contribution >= 0.6 is 0 Å². The minimum Gasteiger partial charge on any atom is -0.299 e. The largest absolute Gasteiger partial charge is 0.299 e. The smallest absolute Gasteiger partial charge is 0.166 e. The maximum absolute atomic E-state index is 13.2. The number of rotatable bonds is 6. The van der Waals surface area contributed by atoms with E-state index in [1.54, 1.807) is 0 Å². The standard InChI is InChI=1S/C29H38O2/c1-21(29(31)27-17-9-15-23-12-3-2-4-16-26(23)27)18-19-28(30)25-14-8-6-11-22-10-5-7-13-24(22)20-25/h3-4,9,12,15-17,21-22,24-25H,2,5-8,10-11,13-14,18-20H2,1H3. The summed E-state index contributed by atoms with van der Waals surface area (Å²) in [5.74, 6) is 2.33. The Morgan fingerprint density at radius 2 is 1.65 bits per heavy atom. The maximum Gasteiger partial charge on any atom is 0.166 e. The first kappa shape index (κ1) is 22.2. The van der Waals surface area contributed by atoms with E-state index in [2.05, 4.69) is 30.4 Å². The van der Waals surface area contributed by atoms with Crippen LogP contribution in [0.15, 0.2) is 30.4 Å². The molecule has 4 rings (SSSR count). The number of allylic oxidation sites excluding steroid dienone is 2. The van der Waals surface area contributed by atoms with Gasteiger partial charge < -0.3 is 0 Å². The molecule has 0 spiro atoms. The van der Waals surface area contributed by atoms with E-state index in [4.69, 9.17) is 0 Å². The van der Waals surface area contributed by atoms with Gasteiger partial charge in [0.05, 0.1) is 0 Å². The molecule has 3 aliphatic rings. The van der Waals surface area contributed by atoms with Crippen LogP contribution in [0.1, 0.15) is 105 Å². The van der Waals surface area contributed by atoms with Gasteiger partial charge in [0, 0.05) is 23.8 Å². The molecule has 0 saturated heterocycles. The van der Waals surface area contributed by atoms with E-state index in [0.717, 1.165) is 47.8 Å². The van der Waals surface area contributed by atoms with Crippen LogP contribution in [0.5, 0.6) is 0 Å². The number of ketones is 2. The second-order valence-electron chi connectivity index (χ2n) is 10.1. The van der Waals surface area contributed by atoms with Gasteiger partial charge in [0.25, 0.3) is 0 Å². The lowest BCUT2D eigenvalue weighted by atomic mass is 9.69. The summed E-state index contributed by atoms with van der Waals surface area (Å²) in [4.78, 5) is 26.4. The van der Waals surface area contributed by atoms with Crippen molar-refractivity contribution < 1.29 is 9.59 Å². The fourth-order valence-electron chi connectivity index (χ4n) is 6.10. The summed E-state index contributed by atoms with van der Waals surface area (Å²) >= 11 is 0. The Kier molecular flexibility index (Phi) is 7.58. The zero-order valence-corrected chi connectivity index (χ0v) is 19.2. The molecule has 2 fully saturated rings. The SMILES string of the molecule is CC(CCC(=O)C1CCCCC2CCCCC2C1)C(=O)c1cccc2c1C=CCC=C2. The lowest BCUT2D eigenvalue weighted by Crippen LogP contribution is -2.28. The second kappa shape index (κ2) is 10.6. The summed E-state index contributed by atoms with van der Waals surface area (Å²) in [6.07, 6.45) is 22.0. The summed E-state index contributed by atoms with van der Waals surface area (Å²) in [6.45, 7) is 2.00. The molecule has 0 aromatic heterocycles. The summed E-state index contributed by atoms with van der Waals surface area (Å²) in [5, 5.41) is 0. The molecule has 2 heteroatoms. The first-order valence-electron chi connectivity index (χ1n) is 12.7. The molecule has 0 N–H and O–H groups in total. The highest BCUT2D eigenvalue weighted by Gasteiger charge is 2.32. The van der Waals surface area contributed by atoms with Crippen molar-refractivity contribution in [2.75, 3.05) is 0 Å². The summed E-state index contributed by atoms with van der Waals surface area (Å²) in [6, 6.07) is 5.99. The van der Waals surface area contributed by atoms with Crippen molar-refractivity contribution in [2.45, 2.75) is 84.0 Å². The number of Topliss-reactive ketones (excluding diaryl/α,β-unsaturated/α-hetero) is 2. The van der Waals surface area contributed by atoms with Crippen molar-refractivity contribution in [3.63, 3.8) is 0 Å². The molecule has 1 aromatic rings. The first-order chi connectivity index (χ1) is 15.1. The van der Waals surface area contributed by atoms with Crippen LogP contribution in [-0.4, -0.2) is 11.6 Å². The van der Waals surface area contributed by atoms with Gasteiger partial charge in [0.1, 0.15) is 5.78 Å². The molecule has 31 heavy (non-hydrogen) atoms. The maximum atomic E-state index is 13.2. The third-order valence-corrected chi connectivity index (χ3v) is 8.02. The zero-order valence-electron chi connectivity index (χ0n) is 19.2. The average molecular weight is 419 g/mol. The normalized spacial score (nSPS) is 26.7. The number of hydrogen-bond acceptors (Lipinski definition) is 2. The average Bonchev–Trinajstić information content (AvgIpc) is 3.03. The molecule has 0 aliphatic heterocycles. The van der Waals surface area contributed by atoms with Crippen LogP contribution in [-0.2, 0) is 4.79 Å². The van der Waals surface area contributed by atoms with Gasteiger partial charge in [-0.2, -0.15) is 0 Å². The van der Waals surface area contributed by atoms with Crippen LogP contribution in [0.2, 0.25) is 0 Å². The van der Waals surface area contributed by atoms with E-state index >= 15 is 0 Å². The predicted octanol–water partition coefficient (Wildman–Crippen LogP) is 7.67. The van der Waals surface area contributed by atoms with Crippen molar-refractivity contribution in [1.82, 2.24) is 0 Å². The van der Waals surface area contributed by atoms with E-state index in [-0.39, 0.29) is 17.6 Å². The molecule has 2 nitrogen and oxygen atoms in total. The van der Waals surface area contributed by atoms with E-state index in [1.165, 1.54) is 44.9 Å². The monoisotopic (exact) mass is 418 g/mol. The minimum atomic E-state index is -0.118. The Morgan fingerprint density at radius 3 is 2.45 bits per heavy atom. The fraction of sp³-hybridized carbons (Fsp3) is 0.586. The molecule has 2 saturated carbocycles. The molecular formula is C29H38O2. The van der Waals surface area contributed by atoms with Crippen molar-refractivity contribution in [3.8, 4) is 0 Å². The number of carbonyl (C=O) groups excluding carboxylic acids is 2. The Bertz CT molecular complexity index is 846. The molecule has 4 atom stereocenters. The van der Waals surface area contributed by atoms with Gasteiger partial charge in [-0.3, -0.25) is 9.59 Å². The Balaban J connectivity index is 1.37. The number of hydrogen-bond donors (Lipinski definition) is 0. The van der Waals surface area contributed by atoms with E-state index in [0.29, 0.717) is 18.6 Å². The van der Waals surface area contributed by atoms with Gasteiger partial charge in [0.15, 0.2) is 5.78 Å². The third kappa shape index (κ3) is 5.45. The summed E-state index contributed by atoms with van der Waals surface area (Å²) in [7, 11) is 0. The Morgan fingerprint density at radius 1 is 0.935 bits per heavy atom. The van der Waals surface area contributed by atoms with Crippen LogP contribution in [0.3, 0.4) is 0 Å². The first-order valence-corrected chi connectivity index (χ1v) is 12.7. The molecule has 4 unspecified atom stereocenters. The molecule has 3 aliphatic carbocycles. The number of benzene rings is 1. The van der Waals surface area contributed by atoms with E-state index in [1.807, 2.05) is 19.1 Å². The Hall–Kier alpha value is -1.96. The van der Waals surface area contributed by atoms with Crippen molar-refractivity contribution in [1.29, 1.82) is 0 Å². The molecule has 0 heterocycles. The van der Waals surface area contributed by atoms with Gasteiger partial charge in [-0.1, -0.05) is 94.4 Å². The summed E-state index contributed by atoms with van der Waals surface area (Å²) in [5.41, 5.74) is 2.94. The molecule has 0 radical (unpaired) electrons. The number of carbonyl (C=O) groups is 2. The molecule has 1 aromatic carbocycles. The van der Waals surface area contributed by atoms with Crippen molar-refractivity contribution in [2.24, 2.45) is 23.7 Å². The highest BCUT2D eigenvalue weighted by molar-refractivity contribution is 6.02. The van der Waals surface area contributed by atoms with E-state index < -0.39 is 0 Å². The van der Waals surface area contributed by atoms with Gasteiger partial charge in [-0.05, 0) is 48.6 Å². The van der Waals surface area contributed by atoms with Crippen LogP contribution in [0.25, 0.3) is 12.2 Å².